The summed E-state index contributed by atoms with van der Waals surface area (Å²) in [5, 5.41) is 13.0. The van der Waals surface area contributed by atoms with Crippen molar-refractivity contribution in [3.63, 3.8) is 0 Å². The lowest BCUT2D eigenvalue weighted by Gasteiger charge is -2.13. The Morgan fingerprint density at radius 1 is 1.25 bits per heavy atom. The molecule has 1 N–H and O–H groups in total. The molecule has 3 nitrogen and oxygen atoms in total. The zero-order valence-electron chi connectivity index (χ0n) is 10.4. The molecule has 0 bridgehead atoms. The molecule has 0 radical (unpaired) electrons. The number of hydrogen-bond acceptors (Lipinski definition) is 3. The molecule has 0 unspecified atom stereocenters. The molecule has 7 heteroatoms. The van der Waals surface area contributed by atoms with E-state index in [1.165, 1.54) is 0 Å². The number of aliphatic hydroxyl groups is 1. The average molecular weight is 302 g/mol. The van der Waals surface area contributed by atoms with Crippen LogP contribution in [0, 0.1) is 0 Å². The lowest BCUT2D eigenvalue weighted by atomic mass is 10.3. The summed E-state index contributed by atoms with van der Waals surface area (Å²) in [5.41, 5.74) is 1.70. The van der Waals surface area contributed by atoms with Crippen LogP contribution in [0.2, 0.25) is 0 Å². The number of alkyl halides is 3. The van der Waals surface area contributed by atoms with Crippen molar-refractivity contribution in [2.75, 3.05) is 5.75 Å². The molecular weight excluding hydrogens is 289 g/mol. The molecule has 0 aliphatic heterocycles. The summed E-state index contributed by atoms with van der Waals surface area (Å²) in [5.74, 6) is -0.00000937. The molecule has 0 aliphatic rings. The van der Waals surface area contributed by atoms with E-state index in [4.69, 9.17) is 5.11 Å². The maximum absolute atomic E-state index is 12.1. The third-order valence-corrected chi connectivity index (χ3v) is 3.67. The predicted molar refractivity (Wildman–Crippen MR) is 71.8 cm³/mol. The van der Waals surface area contributed by atoms with Gasteiger partial charge in [-0.2, -0.15) is 30.0 Å². The van der Waals surface area contributed by atoms with Crippen LogP contribution in [0.4, 0.5) is 13.2 Å². The van der Waals surface area contributed by atoms with Crippen molar-refractivity contribution in [1.29, 1.82) is 0 Å². The van der Waals surface area contributed by atoms with Crippen LogP contribution < -0.4 is 0 Å². The van der Waals surface area contributed by atoms with E-state index in [2.05, 4.69) is 5.10 Å². The van der Waals surface area contributed by atoms with Gasteiger partial charge < -0.3 is 5.11 Å². The van der Waals surface area contributed by atoms with Gasteiger partial charge in [-0.15, -0.1) is 0 Å². The SMILES string of the molecule is O[C@@H](CSCc1cnn(-c2ccccc2)c1)C(F)(F)F. The fraction of sp³-hybridized carbons (Fsp3) is 0.308. The number of hydrogen-bond donors (Lipinski definition) is 1. The van der Waals surface area contributed by atoms with Crippen LogP contribution in [-0.4, -0.2) is 32.9 Å². The van der Waals surface area contributed by atoms with E-state index in [0.29, 0.717) is 5.75 Å². The van der Waals surface area contributed by atoms with Gasteiger partial charge in [0.15, 0.2) is 6.10 Å². The van der Waals surface area contributed by atoms with Gasteiger partial charge in [-0.25, -0.2) is 4.68 Å². The largest absolute Gasteiger partial charge is 0.415 e. The molecule has 0 aliphatic carbocycles. The van der Waals surface area contributed by atoms with E-state index in [1.807, 2.05) is 30.3 Å². The van der Waals surface area contributed by atoms with Crippen molar-refractivity contribution >= 4 is 11.8 Å². The second-order valence-electron chi connectivity index (χ2n) is 4.20. The maximum Gasteiger partial charge on any atom is 0.415 e. The lowest BCUT2D eigenvalue weighted by Crippen LogP contribution is -2.30. The Kier molecular flexibility index (Phi) is 4.72. The molecule has 0 spiro atoms. The zero-order valence-corrected chi connectivity index (χ0v) is 11.2. The van der Waals surface area contributed by atoms with Crippen molar-refractivity contribution in [1.82, 2.24) is 9.78 Å². The first-order valence-corrected chi connectivity index (χ1v) is 7.04. The molecule has 1 atom stereocenters. The molecule has 0 saturated carbocycles. The molecule has 0 saturated heterocycles. The molecule has 108 valence electrons. The number of rotatable bonds is 5. The summed E-state index contributed by atoms with van der Waals surface area (Å²) in [6, 6.07) is 9.42. The molecule has 1 heterocycles. The van der Waals surface area contributed by atoms with Crippen LogP contribution in [0.15, 0.2) is 42.7 Å². The quantitative estimate of drug-likeness (QED) is 0.922. The highest BCUT2D eigenvalue weighted by molar-refractivity contribution is 7.98. The lowest BCUT2D eigenvalue weighted by molar-refractivity contribution is -0.195. The van der Waals surface area contributed by atoms with Gasteiger partial charge in [-0.05, 0) is 12.1 Å². The Balaban J connectivity index is 1.88. The van der Waals surface area contributed by atoms with Crippen molar-refractivity contribution < 1.29 is 18.3 Å². The van der Waals surface area contributed by atoms with Gasteiger partial charge in [0.1, 0.15) is 0 Å². The molecule has 0 amide bonds. The van der Waals surface area contributed by atoms with Crippen LogP contribution in [0.25, 0.3) is 5.69 Å². The number of aromatic nitrogens is 2. The number of aliphatic hydroxyl groups excluding tert-OH is 1. The van der Waals surface area contributed by atoms with Crippen LogP contribution in [-0.2, 0) is 5.75 Å². The first-order chi connectivity index (χ1) is 9.47. The normalized spacial score (nSPS) is 13.4. The van der Waals surface area contributed by atoms with E-state index in [1.54, 1.807) is 17.1 Å². The highest BCUT2D eigenvalue weighted by Gasteiger charge is 2.37. The van der Waals surface area contributed by atoms with Gasteiger partial charge in [0, 0.05) is 23.3 Å². The summed E-state index contributed by atoms with van der Waals surface area (Å²) >= 11 is 1.03. The van der Waals surface area contributed by atoms with E-state index >= 15 is 0 Å². The van der Waals surface area contributed by atoms with E-state index in [0.717, 1.165) is 23.0 Å². The monoisotopic (exact) mass is 302 g/mol. The number of thioether (sulfide) groups is 1. The second-order valence-corrected chi connectivity index (χ2v) is 5.23. The standard InChI is InChI=1S/C13H13F3N2OS/c14-13(15,16)12(19)9-20-8-10-6-17-18(7-10)11-4-2-1-3-5-11/h1-7,12,19H,8-9H2/t12-/m0/s1. The van der Waals surface area contributed by atoms with Crippen molar-refractivity contribution in [3.8, 4) is 5.69 Å². The smallest absolute Gasteiger partial charge is 0.383 e. The number of benzene rings is 1. The van der Waals surface area contributed by atoms with Gasteiger partial charge >= 0.3 is 6.18 Å². The third kappa shape index (κ3) is 4.01. The summed E-state index contributed by atoms with van der Waals surface area (Å²) < 4.78 is 38.0. The number of para-hydroxylation sites is 1. The minimum absolute atomic E-state index is 0.375. The highest BCUT2D eigenvalue weighted by atomic mass is 32.2. The van der Waals surface area contributed by atoms with Crippen LogP contribution in [0.1, 0.15) is 5.56 Å². The second kappa shape index (κ2) is 6.32. The fourth-order valence-electron chi connectivity index (χ4n) is 1.54. The zero-order chi connectivity index (χ0) is 14.6. The third-order valence-electron chi connectivity index (χ3n) is 2.58. The molecule has 2 rings (SSSR count). The molecule has 1 aromatic carbocycles. The van der Waals surface area contributed by atoms with E-state index in [9.17, 15) is 13.2 Å². The van der Waals surface area contributed by atoms with Gasteiger partial charge in [-0.3, -0.25) is 0 Å². The Labute approximate surface area is 118 Å². The Hall–Kier alpha value is -1.47. The van der Waals surface area contributed by atoms with Gasteiger partial charge in [0.2, 0.25) is 0 Å². The minimum atomic E-state index is -4.55. The fourth-order valence-corrected chi connectivity index (χ4v) is 2.45. The van der Waals surface area contributed by atoms with Crippen molar-refractivity contribution in [3.05, 3.63) is 48.3 Å². The Morgan fingerprint density at radius 2 is 1.95 bits per heavy atom. The van der Waals surface area contributed by atoms with Crippen LogP contribution in [0.5, 0.6) is 0 Å². The first-order valence-electron chi connectivity index (χ1n) is 5.88. The van der Waals surface area contributed by atoms with Crippen LogP contribution >= 0.6 is 11.8 Å². The maximum atomic E-state index is 12.1. The predicted octanol–water partition coefficient (Wildman–Crippen LogP) is 3.03. The number of halogens is 3. The molecule has 2 aromatic rings. The van der Waals surface area contributed by atoms with E-state index in [-0.39, 0.29) is 5.75 Å². The molecular formula is C13H13F3N2OS. The molecule has 1 aromatic heterocycles. The van der Waals surface area contributed by atoms with Gasteiger partial charge in [0.25, 0.3) is 0 Å². The highest BCUT2D eigenvalue weighted by Crippen LogP contribution is 2.24. The minimum Gasteiger partial charge on any atom is -0.383 e. The Bertz CT molecular complexity index is 542. The van der Waals surface area contributed by atoms with Crippen molar-refractivity contribution in [2.45, 2.75) is 18.0 Å². The molecule has 20 heavy (non-hydrogen) atoms. The summed E-state index contributed by atoms with van der Waals surface area (Å²) in [7, 11) is 0. The topological polar surface area (TPSA) is 38.1 Å². The number of nitrogens with zero attached hydrogens (tertiary/aromatic N) is 2. The van der Waals surface area contributed by atoms with Crippen LogP contribution in [0.3, 0.4) is 0 Å². The molecule has 0 fully saturated rings. The van der Waals surface area contributed by atoms with Gasteiger partial charge in [0.05, 0.1) is 11.9 Å². The summed E-state index contributed by atoms with van der Waals surface area (Å²) in [6.45, 7) is 0. The average Bonchev–Trinajstić information content (AvgIpc) is 2.87. The van der Waals surface area contributed by atoms with Crippen molar-refractivity contribution in [2.24, 2.45) is 0 Å². The first kappa shape index (κ1) is 14.9. The van der Waals surface area contributed by atoms with Gasteiger partial charge in [-0.1, -0.05) is 18.2 Å². The summed E-state index contributed by atoms with van der Waals surface area (Å²) in [6.07, 6.45) is -3.46. The van der Waals surface area contributed by atoms with E-state index < -0.39 is 12.3 Å². The summed E-state index contributed by atoms with van der Waals surface area (Å²) in [4.78, 5) is 0. The Morgan fingerprint density at radius 3 is 2.60 bits per heavy atom.